The van der Waals surface area contributed by atoms with E-state index in [1.807, 2.05) is 23.1 Å². The van der Waals surface area contributed by atoms with Gasteiger partial charge in [-0.05, 0) is 49.6 Å². The summed E-state index contributed by atoms with van der Waals surface area (Å²) in [6.07, 6.45) is 0. The van der Waals surface area contributed by atoms with Gasteiger partial charge in [0.05, 0.1) is 17.8 Å². The van der Waals surface area contributed by atoms with Crippen molar-refractivity contribution >= 4 is 22.5 Å². The molecule has 2 heterocycles. The van der Waals surface area contributed by atoms with Gasteiger partial charge < -0.3 is 20.3 Å². The molecule has 1 aromatic heterocycles. The van der Waals surface area contributed by atoms with Gasteiger partial charge in [0.1, 0.15) is 0 Å². The highest BCUT2D eigenvalue weighted by Crippen LogP contribution is 2.30. The molecular weight excluding hydrogens is 388 g/mol. The predicted octanol–water partition coefficient (Wildman–Crippen LogP) is 3.46. The SMILES string of the molecule is Cc1ccccc1CNc1cc(C(=O)N2CCN(CCO)CC2)cc2c(C)c(C)[nH]c12. The minimum Gasteiger partial charge on any atom is -0.395 e. The number of nitrogens with one attached hydrogen (secondary N) is 2. The maximum atomic E-state index is 13.3. The summed E-state index contributed by atoms with van der Waals surface area (Å²) in [7, 11) is 0. The molecule has 3 aromatic rings. The van der Waals surface area contributed by atoms with Crippen molar-refractivity contribution in [2.45, 2.75) is 27.3 Å². The quantitative estimate of drug-likeness (QED) is 0.571. The first-order chi connectivity index (χ1) is 15.0. The van der Waals surface area contributed by atoms with Crippen LogP contribution < -0.4 is 5.32 Å². The number of aromatic nitrogens is 1. The fourth-order valence-corrected chi connectivity index (χ4v) is 4.32. The molecule has 0 aliphatic carbocycles. The number of nitrogens with zero attached hydrogens (tertiary/aromatic N) is 2. The fourth-order valence-electron chi connectivity index (χ4n) is 4.32. The molecule has 2 aromatic carbocycles. The van der Waals surface area contributed by atoms with Crippen molar-refractivity contribution in [1.29, 1.82) is 0 Å². The van der Waals surface area contributed by atoms with E-state index in [0.717, 1.165) is 40.9 Å². The Morgan fingerprint density at radius 2 is 1.84 bits per heavy atom. The molecule has 0 atom stereocenters. The minimum absolute atomic E-state index is 0.0720. The Labute approximate surface area is 183 Å². The number of aliphatic hydroxyl groups is 1. The van der Waals surface area contributed by atoms with Gasteiger partial charge in [0.2, 0.25) is 0 Å². The molecule has 0 saturated carbocycles. The van der Waals surface area contributed by atoms with Crippen molar-refractivity contribution in [3.63, 3.8) is 0 Å². The molecule has 0 bridgehead atoms. The number of benzene rings is 2. The number of aromatic amines is 1. The molecule has 0 unspecified atom stereocenters. The summed E-state index contributed by atoms with van der Waals surface area (Å²) < 4.78 is 0. The topological polar surface area (TPSA) is 71.6 Å². The number of aliphatic hydroxyl groups excluding tert-OH is 1. The highest BCUT2D eigenvalue weighted by Gasteiger charge is 2.23. The average Bonchev–Trinajstić information content (AvgIpc) is 3.07. The Balaban J connectivity index is 1.61. The number of anilines is 1. The molecule has 1 aliphatic rings. The zero-order valence-corrected chi connectivity index (χ0v) is 18.7. The van der Waals surface area contributed by atoms with E-state index in [2.05, 4.69) is 54.2 Å². The summed E-state index contributed by atoms with van der Waals surface area (Å²) in [6.45, 7) is 10.8. The first-order valence-corrected chi connectivity index (χ1v) is 11.0. The molecular formula is C25H32N4O2. The molecule has 31 heavy (non-hydrogen) atoms. The maximum absolute atomic E-state index is 13.3. The number of fused-ring (bicyclic) bond motifs is 1. The summed E-state index contributed by atoms with van der Waals surface area (Å²) in [6, 6.07) is 12.4. The molecule has 1 saturated heterocycles. The lowest BCUT2D eigenvalue weighted by Crippen LogP contribution is -2.49. The molecule has 4 rings (SSSR count). The van der Waals surface area contributed by atoms with Crippen molar-refractivity contribution in [2.75, 3.05) is 44.6 Å². The van der Waals surface area contributed by atoms with Crippen LogP contribution in [0.2, 0.25) is 0 Å². The number of hydrogen-bond acceptors (Lipinski definition) is 4. The number of β-amino-alcohol motifs (C(OH)–C–C–N with tert-alkyl or cyclic N) is 1. The first kappa shape index (κ1) is 21.4. The number of rotatable bonds is 6. The van der Waals surface area contributed by atoms with Crippen molar-refractivity contribution < 1.29 is 9.90 Å². The lowest BCUT2D eigenvalue weighted by molar-refractivity contribution is 0.0615. The van der Waals surface area contributed by atoms with E-state index in [1.54, 1.807) is 0 Å². The van der Waals surface area contributed by atoms with E-state index in [1.165, 1.54) is 16.7 Å². The van der Waals surface area contributed by atoms with Crippen molar-refractivity contribution in [1.82, 2.24) is 14.8 Å². The highest BCUT2D eigenvalue weighted by molar-refractivity contribution is 6.03. The van der Waals surface area contributed by atoms with Gasteiger partial charge in [-0.25, -0.2) is 0 Å². The van der Waals surface area contributed by atoms with Crippen LogP contribution >= 0.6 is 0 Å². The third-order valence-electron chi connectivity index (χ3n) is 6.47. The van der Waals surface area contributed by atoms with Crippen LogP contribution in [-0.2, 0) is 6.54 Å². The van der Waals surface area contributed by atoms with Crippen LogP contribution in [0.25, 0.3) is 10.9 Å². The zero-order chi connectivity index (χ0) is 22.0. The van der Waals surface area contributed by atoms with Gasteiger partial charge in [-0.15, -0.1) is 0 Å². The van der Waals surface area contributed by atoms with Gasteiger partial charge >= 0.3 is 0 Å². The molecule has 0 radical (unpaired) electrons. The highest BCUT2D eigenvalue weighted by atomic mass is 16.3. The number of amides is 1. The number of carbonyl (C=O) groups excluding carboxylic acids is 1. The van der Waals surface area contributed by atoms with E-state index in [0.29, 0.717) is 26.2 Å². The average molecular weight is 421 g/mol. The van der Waals surface area contributed by atoms with Gasteiger partial charge in [-0.3, -0.25) is 9.69 Å². The smallest absolute Gasteiger partial charge is 0.254 e. The van der Waals surface area contributed by atoms with Gasteiger partial charge in [-0.1, -0.05) is 24.3 Å². The molecule has 164 valence electrons. The monoisotopic (exact) mass is 420 g/mol. The summed E-state index contributed by atoms with van der Waals surface area (Å²) in [5.74, 6) is 0.0720. The fraction of sp³-hybridized carbons (Fsp3) is 0.400. The van der Waals surface area contributed by atoms with Crippen molar-refractivity contribution in [3.8, 4) is 0 Å². The van der Waals surface area contributed by atoms with E-state index in [4.69, 9.17) is 5.11 Å². The number of aryl methyl sites for hydroxylation is 3. The summed E-state index contributed by atoms with van der Waals surface area (Å²) in [5, 5.41) is 13.8. The Bertz CT molecular complexity index is 1080. The molecule has 0 spiro atoms. The van der Waals surface area contributed by atoms with Crippen LogP contribution in [0.4, 0.5) is 5.69 Å². The van der Waals surface area contributed by atoms with E-state index in [-0.39, 0.29) is 12.5 Å². The van der Waals surface area contributed by atoms with Crippen LogP contribution in [-0.4, -0.2) is 65.1 Å². The third kappa shape index (κ3) is 4.45. The summed E-state index contributed by atoms with van der Waals surface area (Å²) in [4.78, 5) is 20.9. The number of hydrogen-bond donors (Lipinski definition) is 3. The Kier molecular flexibility index (Phi) is 6.30. The lowest BCUT2D eigenvalue weighted by Gasteiger charge is -2.34. The van der Waals surface area contributed by atoms with E-state index < -0.39 is 0 Å². The van der Waals surface area contributed by atoms with E-state index in [9.17, 15) is 4.79 Å². The first-order valence-electron chi connectivity index (χ1n) is 11.0. The van der Waals surface area contributed by atoms with Gasteiger partial charge in [0.15, 0.2) is 0 Å². The molecule has 1 amide bonds. The number of H-pyrrole nitrogens is 1. The predicted molar refractivity (Wildman–Crippen MR) is 126 cm³/mol. The second kappa shape index (κ2) is 9.12. The van der Waals surface area contributed by atoms with Crippen LogP contribution in [0.15, 0.2) is 36.4 Å². The van der Waals surface area contributed by atoms with E-state index >= 15 is 0 Å². The standard InChI is InChI=1S/C25H32N4O2/c1-17-6-4-5-7-20(17)16-26-23-15-21(14-22-18(2)19(3)27-24(22)23)25(31)29-10-8-28(9-11-29)12-13-30/h4-7,14-15,26-27,30H,8-13,16H2,1-3H3. The van der Waals surface area contributed by atoms with Gasteiger partial charge in [-0.2, -0.15) is 0 Å². The molecule has 1 fully saturated rings. The van der Waals surface area contributed by atoms with Crippen molar-refractivity contribution in [2.24, 2.45) is 0 Å². The lowest BCUT2D eigenvalue weighted by atomic mass is 10.0. The molecule has 6 heteroatoms. The minimum atomic E-state index is 0.0720. The second-order valence-electron chi connectivity index (χ2n) is 8.46. The van der Waals surface area contributed by atoms with Gasteiger partial charge in [0, 0.05) is 55.9 Å². The molecule has 3 N–H and O–H groups in total. The van der Waals surface area contributed by atoms with Crippen LogP contribution in [0.1, 0.15) is 32.7 Å². The van der Waals surface area contributed by atoms with Crippen LogP contribution in [0.3, 0.4) is 0 Å². The summed E-state index contributed by atoms with van der Waals surface area (Å²) >= 11 is 0. The normalized spacial score (nSPS) is 14.9. The molecule has 1 aliphatic heterocycles. The molecule has 6 nitrogen and oxygen atoms in total. The van der Waals surface area contributed by atoms with Crippen LogP contribution in [0, 0.1) is 20.8 Å². The number of piperazine rings is 1. The van der Waals surface area contributed by atoms with Crippen LogP contribution in [0.5, 0.6) is 0 Å². The Morgan fingerprint density at radius 1 is 1.10 bits per heavy atom. The Morgan fingerprint density at radius 3 is 2.55 bits per heavy atom. The van der Waals surface area contributed by atoms with Gasteiger partial charge in [0.25, 0.3) is 5.91 Å². The Hall–Kier alpha value is -2.83. The third-order valence-corrected chi connectivity index (χ3v) is 6.47. The second-order valence-corrected chi connectivity index (χ2v) is 8.46. The zero-order valence-electron chi connectivity index (χ0n) is 18.7. The number of carbonyl (C=O) groups is 1. The summed E-state index contributed by atoms with van der Waals surface area (Å²) in [5.41, 5.74) is 7.52. The van der Waals surface area contributed by atoms with Crippen molar-refractivity contribution in [3.05, 3.63) is 64.3 Å². The maximum Gasteiger partial charge on any atom is 0.254 e. The largest absolute Gasteiger partial charge is 0.395 e.